The van der Waals surface area contributed by atoms with Gasteiger partial charge in [0, 0.05) is 43.3 Å². The van der Waals surface area contributed by atoms with Crippen LogP contribution in [0.1, 0.15) is 54.6 Å². The van der Waals surface area contributed by atoms with Crippen LogP contribution in [0.15, 0.2) is 29.6 Å². The molecule has 4 heterocycles. The molecule has 0 bridgehead atoms. The van der Waals surface area contributed by atoms with Crippen LogP contribution in [-0.2, 0) is 4.79 Å². The van der Waals surface area contributed by atoms with Gasteiger partial charge in [0.2, 0.25) is 5.91 Å². The van der Waals surface area contributed by atoms with Gasteiger partial charge in [-0.15, -0.1) is 0 Å². The van der Waals surface area contributed by atoms with Crippen molar-refractivity contribution in [1.29, 1.82) is 0 Å². The summed E-state index contributed by atoms with van der Waals surface area (Å²) in [5.74, 6) is 6.76. The lowest BCUT2D eigenvalue weighted by Gasteiger charge is -2.26. The maximum atomic E-state index is 13.6. The predicted octanol–water partition coefficient (Wildman–Crippen LogP) is 4.03. The molecule has 1 N–H and O–H groups in total. The van der Waals surface area contributed by atoms with Gasteiger partial charge in [0.1, 0.15) is 17.3 Å². The number of alkyl halides is 2. The van der Waals surface area contributed by atoms with Gasteiger partial charge < -0.3 is 4.74 Å². The summed E-state index contributed by atoms with van der Waals surface area (Å²) in [5, 5.41) is 9.00. The first-order chi connectivity index (χ1) is 18.3. The monoisotopic (exact) mass is 540 g/mol. The van der Waals surface area contributed by atoms with Crippen molar-refractivity contribution >= 4 is 34.6 Å². The number of ether oxygens (including phenoxy) is 1. The number of hydrogen-bond acceptors (Lipinski definition) is 8. The molecule has 0 spiro atoms. The predicted molar refractivity (Wildman–Crippen MR) is 140 cm³/mol. The molecule has 2 aromatic rings. The maximum absolute atomic E-state index is 13.6. The first-order valence-corrected chi connectivity index (χ1v) is 13.2. The number of amides is 2. The molecule has 2 amide bonds. The number of halogens is 2. The standard InChI is InChI=1S/C26H26F2N6O3S/c1-33-23(9-8-15-6-7-15)38-26(32-33)31-25(36)18-13-30-21(34-10-4-3-5-22(34)35)12-16(18)17-11-19(24(27)28)29-14-20(17)37-2/h11-15,23-24H,3-7,10H2,1-2H3,(H,31,32,36). The summed E-state index contributed by atoms with van der Waals surface area (Å²) in [6.45, 7) is 0.482. The summed E-state index contributed by atoms with van der Waals surface area (Å²) < 4.78 is 32.5. The number of thioether (sulfide) groups is 1. The molecule has 1 saturated carbocycles. The quantitative estimate of drug-likeness (QED) is 0.572. The summed E-state index contributed by atoms with van der Waals surface area (Å²) in [5.41, 5.74) is 0.173. The fraction of sp³-hybridized carbons (Fsp3) is 0.423. The highest BCUT2D eigenvalue weighted by molar-refractivity contribution is 8.14. The molecule has 5 rings (SSSR count). The van der Waals surface area contributed by atoms with Crippen LogP contribution in [0.4, 0.5) is 14.6 Å². The van der Waals surface area contributed by atoms with E-state index >= 15 is 0 Å². The highest BCUT2D eigenvalue weighted by atomic mass is 32.2. The molecule has 0 radical (unpaired) electrons. The first kappa shape index (κ1) is 25.9. The van der Waals surface area contributed by atoms with Crippen molar-refractivity contribution in [3.63, 3.8) is 0 Å². The number of rotatable bonds is 5. The highest BCUT2D eigenvalue weighted by Crippen LogP contribution is 2.37. The zero-order valence-electron chi connectivity index (χ0n) is 20.9. The average molecular weight is 541 g/mol. The number of aromatic nitrogens is 2. The van der Waals surface area contributed by atoms with E-state index in [0.717, 1.165) is 25.7 Å². The number of carbonyl (C=O) groups is 2. The molecule has 1 atom stereocenters. The van der Waals surface area contributed by atoms with Crippen molar-refractivity contribution in [2.24, 2.45) is 11.0 Å². The van der Waals surface area contributed by atoms with Gasteiger partial charge in [0.15, 0.2) is 10.5 Å². The Kier molecular flexibility index (Phi) is 7.46. The molecule has 1 unspecified atom stereocenters. The fourth-order valence-corrected chi connectivity index (χ4v) is 5.02. The van der Waals surface area contributed by atoms with Gasteiger partial charge in [-0.3, -0.25) is 29.8 Å². The third-order valence-electron chi connectivity index (χ3n) is 6.38. The van der Waals surface area contributed by atoms with Crippen LogP contribution in [0.5, 0.6) is 5.75 Å². The maximum Gasteiger partial charge on any atom is 0.280 e. The number of hydrogen-bond donors (Lipinski definition) is 1. The molecule has 2 aliphatic heterocycles. The Morgan fingerprint density at radius 3 is 2.71 bits per heavy atom. The van der Waals surface area contributed by atoms with Crippen molar-refractivity contribution in [3.8, 4) is 28.7 Å². The number of nitrogens with one attached hydrogen (secondary N) is 1. The third kappa shape index (κ3) is 5.57. The van der Waals surface area contributed by atoms with Gasteiger partial charge in [-0.25, -0.2) is 13.8 Å². The van der Waals surface area contributed by atoms with Crippen LogP contribution >= 0.6 is 11.8 Å². The second-order valence-electron chi connectivity index (χ2n) is 9.17. The molecule has 0 aromatic carbocycles. The number of methoxy groups -OCH3 is 1. The molecule has 198 valence electrons. The van der Waals surface area contributed by atoms with Crippen molar-refractivity contribution < 1.29 is 23.1 Å². The summed E-state index contributed by atoms with van der Waals surface area (Å²) >= 11 is 1.32. The van der Waals surface area contributed by atoms with Gasteiger partial charge in [0.25, 0.3) is 12.3 Å². The number of pyridine rings is 2. The van der Waals surface area contributed by atoms with Gasteiger partial charge in [-0.1, -0.05) is 11.8 Å². The second kappa shape index (κ2) is 10.9. The Morgan fingerprint density at radius 1 is 1.18 bits per heavy atom. The number of piperidine rings is 1. The molecule has 38 heavy (non-hydrogen) atoms. The van der Waals surface area contributed by atoms with Crippen LogP contribution in [0.3, 0.4) is 0 Å². The van der Waals surface area contributed by atoms with Crippen LogP contribution in [0.25, 0.3) is 11.1 Å². The molecule has 3 aliphatic rings. The van der Waals surface area contributed by atoms with E-state index in [1.54, 1.807) is 23.0 Å². The van der Waals surface area contributed by atoms with E-state index in [9.17, 15) is 18.4 Å². The molecule has 2 fully saturated rings. The average Bonchev–Trinajstić information content (AvgIpc) is 3.68. The minimum Gasteiger partial charge on any atom is -0.494 e. The van der Waals surface area contributed by atoms with E-state index in [4.69, 9.17) is 4.74 Å². The second-order valence-corrected chi connectivity index (χ2v) is 10.2. The Bertz CT molecular complexity index is 1350. The number of amidine groups is 1. The third-order valence-corrected chi connectivity index (χ3v) is 7.43. The molecular formula is C26H26F2N6O3S. The van der Waals surface area contributed by atoms with Crippen molar-refractivity contribution in [2.45, 2.75) is 43.9 Å². The van der Waals surface area contributed by atoms with E-state index in [1.807, 2.05) is 0 Å². The zero-order valence-corrected chi connectivity index (χ0v) is 21.7. The molecule has 1 saturated heterocycles. The fourth-order valence-electron chi connectivity index (χ4n) is 4.16. The first-order valence-electron chi connectivity index (χ1n) is 12.3. The van der Waals surface area contributed by atoms with Crippen molar-refractivity contribution in [1.82, 2.24) is 20.3 Å². The van der Waals surface area contributed by atoms with Gasteiger partial charge in [-0.05, 0) is 49.6 Å². The highest BCUT2D eigenvalue weighted by Gasteiger charge is 2.29. The number of anilines is 1. The molecule has 2 aromatic heterocycles. The number of nitrogens with zero attached hydrogens (tertiary/aromatic N) is 5. The van der Waals surface area contributed by atoms with Crippen molar-refractivity contribution in [2.75, 3.05) is 25.6 Å². The Labute approximate surface area is 223 Å². The molecule has 9 nitrogen and oxygen atoms in total. The van der Waals surface area contributed by atoms with Gasteiger partial charge in [-0.2, -0.15) is 5.10 Å². The van der Waals surface area contributed by atoms with E-state index in [0.29, 0.717) is 29.9 Å². The SMILES string of the molecule is COc1cnc(C(F)F)cc1-c1cc(N2CCCCC2=O)ncc1C(=O)NC1=NN(C)C(C#CC2CC2)S1. The lowest BCUT2D eigenvalue weighted by Crippen LogP contribution is -2.36. The Balaban J connectivity index is 1.50. The lowest BCUT2D eigenvalue weighted by atomic mass is 9.99. The summed E-state index contributed by atoms with van der Waals surface area (Å²) in [4.78, 5) is 35.7. The molecule has 1 aliphatic carbocycles. The van der Waals surface area contributed by atoms with E-state index in [-0.39, 0.29) is 33.7 Å². The van der Waals surface area contributed by atoms with Crippen LogP contribution in [-0.4, -0.2) is 58.0 Å². The van der Waals surface area contributed by atoms with Crippen LogP contribution in [0.2, 0.25) is 0 Å². The topological polar surface area (TPSA) is 100 Å². The van der Waals surface area contributed by atoms with E-state index < -0.39 is 18.0 Å². The van der Waals surface area contributed by atoms with Gasteiger partial charge >= 0.3 is 0 Å². The number of hydrazone groups is 1. The lowest BCUT2D eigenvalue weighted by molar-refractivity contribution is -0.119. The zero-order chi connectivity index (χ0) is 26.8. The van der Waals surface area contributed by atoms with Crippen LogP contribution in [0, 0.1) is 17.8 Å². The largest absolute Gasteiger partial charge is 0.494 e. The smallest absolute Gasteiger partial charge is 0.280 e. The Hall–Kier alpha value is -3.72. The Morgan fingerprint density at radius 2 is 2.00 bits per heavy atom. The van der Waals surface area contributed by atoms with Crippen molar-refractivity contribution in [3.05, 3.63) is 35.8 Å². The van der Waals surface area contributed by atoms with E-state index in [2.05, 4.69) is 32.2 Å². The molecule has 12 heteroatoms. The minimum atomic E-state index is -2.82. The van der Waals surface area contributed by atoms with Gasteiger partial charge in [0.05, 0.1) is 18.9 Å². The van der Waals surface area contributed by atoms with E-state index in [1.165, 1.54) is 37.3 Å². The summed E-state index contributed by atoms with van der Waals surface area (Å²) in [6.07, 6.45) is 3.93. The normalized spacial score (nSPS) is 19.2. The molecular weight excluding hydrogens is 514 g/mol. The summed E-state index contributed by atoms with van der Waals surface area (Å²) in [6, 6.07) is 2.75. The number of carbonyl (C=O) groups excluding carboxylic acids is 2. The summed E-state index contributed by atoms with van der Waals surface area (Å²) in [7, 11) is 3.17. The van der Waals surface area contributed by atoms with Crippen LogP contribution < -0.4 is 15.0 Å². The minimum absolute atomic E-state index is 0.0834.